The molecule has 0 fully saturated rings. The van der Waals surface area contributed by atoms with Crippen molar-refractivity contribution in [1.82, 2.24) is 4.90 Å². The Morgan fingerprint density at radius 1 is 0.720 bits per heavy atom. The normalized spacial score (nSPS) is 14.8. The first-order valence-corrected chi connectivity index (χ1v) is 11.6. The largest absolute Gasteiger partial charge is 0.345 e. The molecule has 0 aromatic carbocycles. The third-order valence-corrected chi connectivity index (χ3v) is 6.09. The molecular weight excluding hydrogens is 328 g/mol. The van der Waals surface area contributed by atoms with E-state index in [4.69, 9.17) is 11.6 Å². The van der Waals surface area contributed by atoms with Crippen molar-refractivity contribution >= 4 is 16.9 Å². The van der Waals surface area contributed by atoms with E-state index in [0.29, 0.717) is 0 Å². The highest BCUT2D eigenvalue weighted by atomic mass is 35.5. The van der Waals surface area contributed by atoms with Crippen LogP contribution < -0.4 is 0 Å². The molecule has 148 valence electrons. The van der Waals surface area contributed by atoms with Crippen LogP contribution in [0.3, 0.4) is 0 Å². The lowest BCUT2D eigenvalue weighted by Gasteiger charge is -2.08. The highest BCUT2D eigenvalue weighted by Gasteiger charge is 2.25. The Morgan fingerprint density at radius 3 is 1.48 bits per heavy atom. The Labute approximate surface area is 163 Å². The molecule has 25 heavy (non-hydrogen) atoms. The summed E-state index contributed by atoms with van der Waals surface area (Å²) in [6.07, 6.45) is 22.9. The first-order valence-electron chi connectivity index (χ1n) is 11.2. The summed E-state index contributed by atoms with van der Waals surface area (Å²) in [6.45, 7) is 5.62. The molecule has 0 unspecified atom stereocenters. The SMILES string of the molecule is CCCCCCCCCCCCCCCCCCN1CC[N+](C)=C1Cl. The Morgan fingerprint density at radius 2 is 1.12 bits per heavy atom. The van der Waals surface area contributed by atoms with Crippen LogP contribution in [-0.2, 0) is 0 Å². The monoisotopic (exact) mass is 371 g/mol. The van der Waals surface area contributed by atoms with Gasteiger partial charge in [0, 0.05) is 11.6 Å². The van der Waals surface area contributed by atoms with Gasteiger partial charge in [-0.05, 0) is 12.8 Å². The first kappa shape index (κ1) is 22.8. The van der Waals surface area contributed by atoms with E-state index < -0.39 is 0 Å². The van der Waals surface area contributed by atoms with Crippen molar-refractivity contribution in [3.63, 3.8) is 0 Å². The van der Waals surface area contributed by atoms with E-state index in [-0.39, 0.29) is 0 Å². The molecule has 0 aromatic heterocycles. The molecule has 1 rings (SSSR count). The molecule has 0 bridgehead atoms. The van der Waals surface area contributed by atoms with E-state index in [1.165, 1.54) is 103 Å². The minimum absolute atomic E-state index is 0.945. The molecule has 0 amide bonds. The smallest absolute Gasteiger partial charge is 0.250 e. The van der Waals surface area contributed by atoms with E-state index >= 15 is 0 Å². The maximum atomic E-state index is 6.27. The summed E-state index contributed by atoms with van der Waals surface area (Å²) in [5.74, 6) is 0. The molecule has 1 aliphatic rings. The van der Waals surface area contributed by atoms with Crippen molar-refractivity contribution in [1.29, 1.82) is 0 Å². The Balaban J connectivity index is 1.72. The number of hydrogen-bond donors (Lipinski definition) is 0. The van der Waals surface area contributed by atoms with Crippen molar-refractivity contribution in [2.75, 3.05) is 26.7 Å². The van der Waals surface area contributed by atoms with Crippen LogP contribution in [0, 0.1) is 0 Å². The maximum Gasteiger partial charge on any atom is 0.345 e. The van der Waals surface area contributed by atoms with Gasteiger partial charge in [0.05, 0.1) is 13.6 Å². The van der Waals surface area contributed by atoms with Gasteiger partial charge in [-0.15, -0.1) is 0 Å². The van der Waals surface area contributed by atoms with Crippen molar-refractivity contribution in [2.24, 2.45) is 0 Å². The number of nitrogens with zero attached hydrogens (tertiary/aromatic N) is 2. The third-order valence-electron chi connectivity index (χ3n) is 5.56. The summed E-state index contributed by atoms with van der Waals surface area (Å²) in [4.78, 5) is 2.32. The summed E-state index contributed by atoms with van der Waals surface area (Å²) in [7, 11) is 2.08. The lowest BCUT2D eigenvalue weighted by Crippen LogP contribution is -2.26. The topological polar surface area (TPSA) is 6.25 Å². The minimum Gasteiger partial charge on any atom is -0.250 e. The number of rotatable bonds is 17. The van der Waals surface area contributed by atoms with E-state index in [0.717, 1.165) is 24.9 Å². The van der Waals surface area contributed by atoms with Gasteiger partial charge in [0.1, 0.15) is 13.1 Å². The molecule has 2 nitrogen and oxygen atoms in total. The highest BCUT2D eigenvalue weighted by Crippen LogP contribution is 2.14. The molecule has 3 heteroatoms. The van der Waals surface area contributed by atoms with Crippen LogP contribution in [0.5, 0.6) is 0 Å². The first-order chi connectivity index (χ1) is 12.3. The van der Waals surface area contributed by atoms with Crippen LogP contribution >= 0.6 is 11.6 Å². The van der Waals surface area contributed by atoms with Gasteiger partial charge in [0.2, 0.25) is 0 Å². The summed E-state index contributed by atoms with van der Waals surface area (Å²) in [5.41, 5.74) is 0. The number of amidine groups is 1. The molecule has 0 saturated carbocycles. The fraction of sp³-hybridized carbons (Fsp3) is 0.955. The number of unbranched alkanes of at least 4 members (excludes halogenated alkanes) is 15. The molecule has 0 aliphatic carbocycles. The van der Waals surface area contributed by atoms with Gasteiger partial charge in [-0.25, -0.2) is 4.90 Å². The Kier molecular flexibility index (Phi) is 14.6. The van der Waals surface area contributed by atoms with Crippen molar-refractivity contribution in [3.05, 3.63) is 0 Å². The fourth-order valence-electron chi connectivity index (χ4n) is 3.75. The minimum atomic E-state index is 0.945. The van der Waals surface area contributed by atoms with Crippen molar-refractivity contribution < 1.29 is 4.58 Å². The van der Waals surface area contributed by atoms with Gasteiger partial charge < -0.3 is 0 Å². The summed E-state index contributed by atoms with van der Waals surface area (Å²) in [5, 5.41) is 0.945. The Hall–Kier alpha value is -0.240. The van der Waals surface area contributed by atoms with Gasteiger partial charge in [0.25, 0.3) is 0 Å². The standard InChI is InChI=1S/C22H44ClN2/c1-3-4-5-6-7-8-9-10-11-12-13-14-15-16-17-18-19-25-21-20-24(2)22(25)23/h3-21H2,1-2H3/q+1. The van der Waals surface area contributed by atoms with E-state index in [2.05, 4.69) is 23.4 Å². The molecule has 0 saturated heterocycles. The van der Waals surface area contributed by atoms with Crippen LogP contribution in [0.4, 0.5) is 0 Å². The molecule has 0 aromatic rings. The predicted molar refractivity (Wildman–Crippen MR) is 113 cm³/mol. The number of halogens is 1. The maximum absolute atomic E-state index is 6.27. The summed E-state index contributed by atoms with van der Waals surface area (Å²) in [6, 6.07) is 0. The molecule has 0 spiro atoms. The van der Waals surface area contributed by atoms with Crippen molar-refractivity contribution in [2.45, 2.75) is 110 Å². The van der Waals surface area contributed by atoms with Gasteiger partial charge >= 0.3 is 5.29 Å². The summed E-state index contributed by atoms with van der Waals surface area (Å²) >= 11 is 6.27. The predicted octanol–water partition coefficient (Wildman–Crippen LogP) is 6.80. The molecule has 0 N–H and O–H groups in total. The van der Waals surface area contributed by atoms with Gasteiger partial charge in [-0.3, -0.25) is 4.58 Å². The molecular formula is C22H44ClN2+. The van der Waals surface area contributed by atoms with E-state index in [1.54, 1.807) is 0 Å². The van der Waals surface area contributed by atoms with Crippen molar-refractivity contribution in [3.8, 4) is 0 Å². The van der Waals surface area contributed by atoms with Crippen LogP contribution in [0.2, 0.25) is 0 Å². The summed E-state index contributed by atoms with van der Waals surface area (Å²) < 4.78 is 2.15. The second-order valence-corrected chi connectivity index (χ2v) is 8.32. The fourth-order valence-corrected chi connectivity index (χ4v) is 4.01. The van der Waals surface area contributed by atoms with Crippen LogP contribution in [0.1, 0.15) is 110 Å². The van der Waals surface area contributed by atoms with Crippen LogP contribution in [0.15, 0.2) is 0 Å². The zero-order valence-corrected chi connectivity index (χ0v) is 18.0. The lowest BCUT2D eigenvalue weighted by atomic mass is 10.0. The zero-order chi connectivity index (χ0) is 18.2. The second-order valence-electron chi connectivity index (χ2n) is 7.98. The molecule has 0 atom stereocenters. The Bertz CT molecular complexity index is 341. The second kappa shape index (κ2) is 16.0. The average molecular weight is 372 g/mol. The van der Waals surface area contributed by atoms with Gasteiger partial charge in [0.15, 0.2) is 0 Å². The zero-order valence-electron chi connectivity index (χ0n) is 17.2. The van der Waals surface area contributed by atoms with E-state index in [1.807, 2.05) is 0 Å². The molecule has 0 radical (unpaired) electrons. The quantitative estimate of drug-likeness (QED) is 0.155. The number of likely N-dealkylation sites (N-methyl/N-ethyl adjacent to an activating group) is 1. The average Bonchev–Trinajstić information content (AvgIpc) is 2.93. The van der Waals surface area contributed by atoms with Crippen LogP contribution in [0.25, 0.3) is 0 Å². The van der Waals surface area contributed by atoms with Gasteiger partial charge in [-0.1, -0.05) is 96.8 Å². The molecule has 1 aliphatic heterocycles. The van der Waals surface area contributed by atoms with E-state index in [9.17, 15) is 0 Å². The third kappa shape index (κ3) is 11.9. The molecule has 1 heterocycles. The lowest BCUT2D eigenvalue weighted by molar-refractivity contribution is -0.484. The van der Waals surface area contributed by atoms with Gasteiger partial charge in [-0.2, -0.15) is 0 Å². The highest BCUT2D eigenvalue weighted by molar-refractivity contribution is 6.63. The number of hydrogen-bond acceptors (Lipinski definition) is 1. The van der Waals surface area contributed by atoms with Crippen LogP contribution in [-0.4, -0.2) is 41.5 Å².